The van der Waals surface area contributed by atoms with E-state index in [2.05, 4.69) is 182 Å². The minimum absolute atomic E-state index is 0. The summed E-state index contributed by atoms with van der Waals surface area (Å²) in [5.41, 5.74) is 27.0. The van der Waals surface area contributed by atoms with Gasteiger partial charge in [0.15, 0.2) is 0 Å². The molecule has 0 aliphatic rings. The molecular weight excluding hydrogens is 773 g/mol. The second-order valence-corrected chi connectivity index (χ2v) is 14.1. The van der Waals surface area contributed by atoms with Crippen LogP contribution in [0.15, 0.2) is 182 Å². The molecule has 0 aliphatic carbocycles. The maximum Gasteiger partial charge on any atom is 2.00 e. The number of rotatable bonds is 6. The van der Waals surface area contributed by atoms with Crippen molar-refractivity contribution in [1.82, 2.24) is 0 Å². The third kappa shape index (κ3) is 12.2. The molecule has 0 amide bonds. The molecule has 0 aromatic heterocycles. The maximum absolute atomic E-state index is 6.75. The van der Waals surface area contributed by atoms with Gasteiger partial charge < -0.3 is 22.1 Å². The van der Waals surface area contributed by atoms with E-state index in [1.807, 2.05) is 0 Å². The molecule has 0 unspecified atom stereocenters. The molecule has 6 rings (SSSR count). The van der Waals surface area contributed by atoms with Crippen LogP contribution in [-0.2, 0) is 21.1 Å². The zero-order valence-corrected chi connectivity index (χ0v) is 28.6. The first kappa shape index (κ1) is 36.7. The Bertz CT molecular complexity index is 1370. The van der Waals surface area contributed by atoms with Crippen LogP contribution in [0, 0.1) is 0 Å². The number of hydrogen-bond donors (Lipinski definition) is 0. The summed E-state index contributed by atoms with van der Waals surface area (Å²) in [6, 6.07) is 65.0. The molecule has 0 heterocycles. The first-order valence-corrected chi connectivity index (χ1v) is 16.8. The van der Waals surface area contributed by atoms with Gasteiger partial charge in [-0.25, -0.2) is 0 Å². The Morgan fingerprint density at radius 1 is 0.267 bits per heavy atom. The SMILES string of the molecule is [N-]=[N+]=[N-].[N-]=[N+]=[N-].[Pt+2].c1ccc([PH+](c2ccccc2)c2ccccc2)cc1.c1ccc([PH+](c2ccccc2)c2ccccc2)cc1. The summed E-state index contributed by atoms with van der Waals surface area (Å²) in [6.07, 6.45) is 0. The summed E-state index contributed by atoms with van der Waals surface area (Å²) < 4.78 is 0. The standard InChI is InChI=1S/2C18H15P.2N3.Pt/c2*1-4-10-16(11-5-1)19(17-12-6-2-7-13-17)18-14-8-3-9-15-18;2*1-3-2;/h2*1-15H;;;/q;;2*-1;+2/p+2. The van der Waals surface area contributed by atoms with Crippen LogP contribution in [0.5, 0.6) is 0 Å². The predicted octanol–water partition coefficient (Wildman–Crippen LogP) is 8.08. The minimum Gasteiger partial charge on any atom is -0.373 e. The van der Waals surface area contributed by atoms with E-state index in [4.69, 9.17) is 22.1 Å². The van der Waals surface area contributed by atoms with Gasteiger partial charge in [0.2, 0.25) is 0 Å². The zero-order chi connectivity index (χ0) is 31.2. The zero-order valence-electron chi connectivity index (χ0n) is 24.3. The van der Waals surface area contributed by atoms with Crippen LogP contribution in [0.2, 0.25) is 0 Å². The van der Waals surface area contributed by atoms with Gasteiger partial charge in [0.25, 0.3) is 0 Å². The molecule has 0 atom stereocenters. The van der Waals surface area contributed by atoms with Gasteiger partial charge >= 0.3 is 21.1 Å². The van der Waals surface area contributed by atoms with Crippen LogP contribution in [0.4, 0.5) is 0 Å². The Labute approximate surface area is 281 Å². The van der Waals surface area contributed by atoms with E-state index in [-0.39, 0.29) is 21.1 Å². The Balaban J connectivity index is 0.000000262. The molecule has 6 nitrogen and oxygen atoms in total. The molecule has 0 aliphatic heterocycles. The third-order valence-electron chi connectivity index (χ3n) is 6.37. The minimum atomic E-state index is -0.877. The van der Waals surface area contributed by atoms with Gasteiger partial charge in [-0.1, -0.05) is 109 Å². The average molecular weight is 806 g/mol. The number of benzene rings is 6. The number of nitrogens with zero attached hydrogens (tertiary/aromatic N) is 6. The molecule has 0 bridgehead atoms. The van der Waals surface area contributed by atoms with Gasteiger partial charge in [0, 0.05) is 0 Å². The molecule has 45 heavy (non-hydrogen) atoms. The first-order valence-electron chi connectivity index (χ1n) is 13.8. The van der Waals surface area contributed by atoms with Crippen LogP contribution >= 0.6 is 15.8 Å². The molecule has 224 valence electrons. The first-order chi connectivity index (χ1) is 21.7. The van der Waals surface area contributed by atoms with Crippen molar-refractivity contribution in [2.75, 3.05) is 0 Å². The van der Waals surface area contributed by atoms with Crippen molar-refractivity contribution in [3.05, 3.63) is 214 Å². The van der Waals surface area contributed by atoms with Gasteiger partial charge in [-0.15, -0.1) is 0 Å². The van der Waals surface area contributed by atoms with Crippen LogP contribution in [0.25, 0.3) is 31.9 Å². The predicted molar refractivity (Wildman–Crippen MR) is 193 cm³/mol. The van der Waals surface area contributed by atoms with E-state index in [1.165, 1.54) is 41.7 Å². The monoisotopic (exact) mass is 805 g/mol. The quantitative estimate of drug-likeness (QED) is 0.0701. The van der Waals surface area contributed by atoms with Crippen LogP contribution in [-0.4, -0.2) is 0 Å². The molecule has 0 saturated carbocycles. The molecule has 0 spiro atoms. The molecule has 0 radical (unpaired) electrons. The van der Waals surface area contributed by atoms with Crippen molar-refractivity contribution >= 4 is 47.7 Å². The number of hydrogen-bond acceptors (Lipinski definition) is 0. The maximum atomic E-state index is 6.75. The van der Waals surface area contributed by atoms with E-state index in [0.717, 1.165) is 0 Å². The molecule has 0 saturated heterocycles. The summed E-state index contributed by atoms with van der Waals surface area (Å²) in [4.78, 5) is 3.00. The second-order valence-electron chi connectivity index (χ2n) is 9.13. The fourth-order valence-electron chi connectivity index (χ4n) is 4.63. The largest absolute Gasteiger partial charge is 2.00 e. The average Bonchev–Trinajstić information content (AvgIpc) is 3.09. The van der Waals surface area contributed by atoms with E-state index >= 15 is 0 Å². The van der Waals surface area contributed by atoms with Gasteiger partial charge in [0.05, 0.1) is 15.8 Å². The molecule has 6 aromatic rings. The summed E-state index contributed by atoms with van der Waals surface area (Å²) in [5, 5.41) is 8.61. The van der Waals surface area contributed by atoms with Crippen molar-refractivity contribution < 1.29 is 21.1 Å². The Morgan fingerprint density at radius 2 is 0.378 bits per heavy atom. The van der Waals surface area contributed by atoms with Gasteiger partial charge in [-0.2, -0.15) is 0 Å². The van der Waals surface area contributed by atoms with Crippen molar-refractivity contribution in [3.8, 4) is 0 Å². The van der Waals surface area contributed by atoms with Crippen molar-refractivity contribution in [1.29, 1.82) is 0 Å². The summed E-state index contributed by atoms with van der Waals surface area (Å²) in [7, 11) is -1.75. The van der Waals surface area contributed by atoms with Crippen LogP contribution in [0.3, 0.4) is 0 Å². The third-order valence-corrected chi connectivity index (χ3v) is 11.8. The Morgan fingerprint density at radius 3 is 0.489 bits per heavy atom. The van der Waals surface area contributed by atoms with Crippen molar-refractivity contribution in [2.24, 2.45) is 0 Å². The van der Waals surface area contributed by atoms with E-state index in [0.29, 0.717) is 0 Å². The van der Waals surface area contributed by atoms with E-state index in [1.54, 1.807) is 0 Å². The molecule has 0 N–H and O–H groups in total. The molecule has 9 heteroatoms. The van der Waals surface area contributed by atoms with Gasteiger partial charge in [-0.3, -0.25) is 9.82 Å². The summed E-state index contributed by atoms with van der Waals surface area (Å²) in [6.45, 7) is 0. The topological polar surface area (TPSA) is 117 Å². The summed E-state index contributed by atoms with van der Waals surface area (Å²) in [5.74, 6) is 0. The fraction of sp³-hybridized carbons (Fsp3) is 0. The second kappa shape index (κ2) is 22.1. The molecule has 0 fully saturated rings. The van der Waals surface area contributed by atoms with Crippen molar-refractivity contribution in [3.63, 3.8) is 0 Å². The van der Waals surface area contributed by atoms with Gasteiger partial charge in [-0.05, 0) is 72.8 Å². The van der Waals surface area contributed by atoms with Crippen LogP contribution in [0.1, 0.15) is 0 Å². The van der Waals surface area contributed by atoms with Gasteiger partial charge in [0.1, 0.15) is 31.8 Å². The van der Waals surface area contributed by atoms with E-state index < -0.39 is 15.8 Å². The summed E-state index contributed by atoms with van der Waals surface area (Å²) >= 11 is 0. The van der Waals surface area contributed by atoms with Crippen LogP contribution < -0.4 is 31.8 Å². The Kier molecular flexibility index (Phi) is 18.0. The normalized spacial score (nSPS) is 9.29. The molecule has 6 aromatic carbocycles. The fourth-order valence-corrected chi connectivity index (χ4v) is 9.78. The van der Waals surface area contributed by atoms with Crippen molar-refractivity contribution in [2.45, 2.75) is 0 Å². The van der Waals surface area contributed by atoms with E-state index in [9.17, 15) is 0 Å². The smallest absolute Gasteiger partial charge is 0.373 e. The molecular formula is C36H32N6P2Pt+2. The Hall–Kier alpha value is -4.51.